The summed E-state index contributed by atoms with van der Waals surface area (Å²) in [5.41, 5.74) is -0.717. The van der Waals surface area contributed by atoms with E-state index in [1.54, 1.807) is 23.2 Å². The average Bonchev–Trinajstić information content (AvgIpc) is 3.56. The predicted molar refractivity (Wildman–Crippen MR) is 207 cm³/mol. The van der Waals surface area contributed by atoms with Crippen LogP contribution in [-0.2, 0) is 19.4 Å². The first-order valence-electron chi connectivity index (χ1n) is 18.5. The number of alkyl carbamates (subject to hydrolysis) is 1. The molecule has 2 heterocycles. The summed E-state index contributed by atoms with van der Waals surface area (Å²) in [6.07, 6.45) is 5.05. The SMILES string of the molecule is CC(C)(CCCOc1cc(N(C(=O)OC(C)(C)C)c2cc([C@H]3CC[C@@H](O[Si](C)(C)C(C)(C)C)C3)nn2C(C)(C)C)ccn1)NC(=O)OC(C)(C)C. The van der Waals surface area contributed by atoms with E-state index < -0.39 is 42.8 Å². The number of carbonyl (C=O) groups is 2. The molecule has 1 saturated carbocycles. The first kappa shape index (κ1) is 42.3. The Morgan fingerprint density at radius 2 is 1.55 bits per heavy atom. The molecular formula is C39H67N5O6Si. The topological polar surface area (TPSA) is 117 Å². The van der Waals surface area contributed by atoms with Gasteiger partial charge in [0, 0.05) is 35.9 Å². The van der Waals surface area contributed by atoms with Crippen molar-refractivity contribution in [1.82, 2.24) is 20.1 Å². The van der Waals surface area contributed by atoms with Gasteiger partial charge in [-0.3, -0.25) is 0 Å². The van der Waals surface area contributed by atoms with E-state index in [4.69, 9.17) is 23.7 Å². The van der Waals surface area contributed by atoms with Gasteiger partial charge in [0.1, 0.15) is 17.0 Å². The number of hydrogen-bond acceptors (Lipinski definition) is 8. The molecule has 2 aromatic heterocycles. The van der Waals surface area contributed by atoms with Crippen molar-refractivity contribution in [1.29, 1.82) is 0 Å². The lowest BCUT2D eigenvalue weighted by Crippen LogP contribution is -2.45. The van der Waals surface area contributed by atoms with E-state index in [0.717, 1.165) is 25.0 Å². The number of rotatable bonds is 11. The summed E-state index contributed by atoms with van der Waals surface area (Å²) in [7, 11) is -1.91. The van der Waals surface area contributed by atoms with E-state index in [2.05, 4.69) is 64.9 Å². The lowest BCUT2D eigenvalue weighted by Gasteiger charge is -2.38. The van der Waals surface area contributed by atoms with E-state index >= 15 is 0 Å². The second-order valence-corrected chi connectivity index (χ2v) is 23.9. The van der Waals surface area contributed by atoms with Gasteiger partial charge in [-0.1, -0.05) is 20.8 Å². The fourth-order valence-electron chi connectivity index (χ4n) is 5.74. The molecule has 288 valence electrons. The molecular weight excluding hydrogens is 663 g/mol. The third-order valence-corrected chi connectivity index (χ3v) is 13.8. The average molecular weight is 730 g/mol. The van der Waals surface area contributed by atoms with Gasteiger partial charge in [0.15, 0.2) is 8.32 Å². The van der Waals surface area contributed by atoms with Crippen molar-refractivity contribution < 1.29 is 28.2 Å². The molecule has 0 aromatic carbocycles. The van der Waals surface area contributed by atoms with Crippen molar-refractivity contribution in [2.45, 2.75) is 181 Å². The number of carbonyl (C=O) groups excluding carboxylic acids is 2. The molecule has 3 rings (SSSR count). The summed E-state index contributed by atoms with van der Waals surface area (Å²) < 4.78 is 26.2. The van der Waals surface area contributed by atoms with Crippen molar-refractivity contribution in [2.24, 2.45) is 0 Å². The largest absolute Gasteiger partial charge is 0.478 e. The number of ether oxygens (including phenoxy) is 3. The summed E-state index contributed by atoms with van der Waals surface area (Å²) >= 11 is 0. The van der Waals surface area contributed by atoms with Crippen LogP contribution in [0.2, 0.25) is 18.1 Å². The summed E-state index contributed by atoms with van der Waals surface area (Å²) in [5.74, 6) is 1.21. The molecule has 12 heteroatoms. The van der Waals surface area contributed by atoms with Gasteiger partial charge in [-0.25, -0.2) is 24.2 Å². The second kappa shape index (κ2) is 15.5. The fourth-order valence-corrected chi connectivity index (χ4v) is 7.14. The van der Waals surface area contributed by atoms with Crippen molar-refractivity contribution in [3.05, 3.63) is 30.1 Å². The zero-order valence-electron chi connectivity index (χ0n) is 34.4. The Kier molecular flexibility index (Phi) is 12.8. The van der Waals surface area contributed by atoms with Gasteiger partial charge >= 0.3 is 12.2 Å². The number of nitrogens with one attached hydrogen (secondary N) is 1. The van der Waals surface area contributed by atoms with E-state index in [9.17, 15) is 9.59 Å². The maximum atomic E-state index is 14.1. The molecule has 11 nitrogen and oxygen atoms in total. The lowest BCUT2D eigenvalue weighted by molar-refractivity contribution is 0.0463. The molecule has 1 fully saturated rings. The predicted octanol–water partition coefficient (Wildman–Crippen LogP) is 10.2. The van der Waals surface area contributed by atoms with Gasteiger partial charge < -0.3 is 24.0 Å². The summed E-state index contributed by atoms with van der Waals surface area (Å²) in [6, 6.07) is 5.57. The summed E-state index contributed by atoms with van der Waals surface area (Å²) in [6.45, 7) is 33.0. The van der Waals surface area contributed by atoms with Gasteiger partial charge in [0.2, 0.25) is 5.88 Å². The summed E-state index contributed by atoms with van der Waals surface area (Å²) in [4.78, 5) is 32.4. The van der Waals surface area contributed by atoms with Gasteiger partial charge in [-0.2, -0.15) is 5.10 Å². The molecule has 1 aliphatic rings. The Morgan fingerprint density at radius 1 is 0.922 bits per heavy atom. The molecule has 0 unspecified atom stereocenters. The van der Waals surface area contributed by atoms with Gasteiger partial charge in [0.25, 0.3) is 0 Å². The third kappa shape index (κ3) is 12.5. The zero-order valence-corrected chi connectivity index (χ0v) is 35.4. The first-order valence-corrected chi connectivity index (χ1v) is 21.4. The zero-order chi connectivity index (χ0) is 38.8. The molecule has 2 atom stereocenters. The standard InChI is InChI=1S/C39H67N5O6Si/c1-35(2,3)44-32(26-30(42-44)27-18-19-29(24-27)50-51(15,16)38(10,11)12)43(34(46)49-37(7,8)9)28-20-22-40-31(25-28)47-23-17-21-39(13,14)41-33(45)48-36(4,5)6/h20,22,25-27,29H,17-19,21,23-24H2,1-16H3,(H,41,45)/t27-,29+/m0/s1. The van der Waals surface area contributed by atoms with E-state index in [-0.39, 0.29) is 17.1 Å². The Balaban J connectivity index is 1.87. The minimum atomic E-state index is -1.91. The Morgan fingerprint density at radius 3 is 2.12 bits per heavy atom. The van der Waals surface area contributed by atoms with Crippen molar-refractivity contribution in [3.8, 4) is 5.88 Å². The van der Waals surface area contributed by atoms with Crippen LogP contribution >= 0.6 is 0 Å². The Labute approximate surface area is 308 Å². The quantitative estimate of drug-likeness (QED) is 0.179. The normalized spacial score (nSPS) is 17.6. The summed E-state index contributed by atoms with van der Waals surface area (Å²) in [5, 5.41) is 8.23. The lowest BCUT2D eigenvalue weighted by atomic mass is 9.99. The molecule has 2 amide bonds. The molecule has 51 heavy (non-hydrogen) atoms. The number of pyridine rings is 1. The van der Waals surface area contributed by atoms with Crippen LogP contribution in [0.5, 0.6) is 5.88 Å². The molecule has 1 N–H and O–H groups in total. The van der Waals surface area contributed by atoms with E-state index in [1.165, 1.54) is 0 Å². The van der Waals surface area contributed by atoms with Crippen molar-refractivity contribution in [2.75, 3.05) is 11.5 Å². The smallest absolute Gasteiger partial charge is 0.420 e. The number of aromatic nitrogens is 3. The Hall–Kier alpha value is -3.12. The first-order chi connectivity index (χ1) is 23.1. The Bertz CT molecular complexity index is 1490. The van der Waals surface area contributed by atoms with E-state index in [0.29, 0.717) is 36.8 Å². The molecule has 0 aliphatic heterocycles. The highest BCUT2D eigenvalue weighted by Crippen LogP contribution is 2.44. The van der Waals surface area contributed by atoms with Crippen molar-refractivity contribution in [3.63, 3.8) is 0 Å². The number of nitrogens with zero attached hydrogens (tertiary/aromatic N) is 4. The van der Waals surface area contributed by atoms with Crippen LogP contribution in [-0.4, -0.2) is 64.7 Å². The van der Waals surface area contributed by atoms with Crippen LogP contribution in [0.4, 0.5) is 21.1 Å². The highest BCUT2D eigenvalue weighted by atomic mass is 28.4. The number of anilines is 2. The molecule has 1 aliphatic carbocycles. The monoisotopic (exact) mass is 729 g/mol. The van der Waals surface area contributed by atoms with Gasteiger partial charge in [0.05, 0.1) is 23.5 Å². The van der Waals surface area contributed by atoms with Crippen molar-refractivity contribution >= 4 is 32.0 Å². The maximum absolute atomic E-state index is 14.1. The van der Waals surface area contributed by atoms with E-state index in [1.807, 2.05) is 66.1 Å². The minimum absolute atomic E-state index is 0.142. The van der Waals surface area contributed by atoms with Gasteiger partial charge in [-0.15, -0.1) is 0 Å². The van der Waals surface area contributed by atoms with Crippen LogP contribution in [0, 0.1) is 0 Å². The maximum Gasteiger partial charge on any atom is 0.420 e. The highest BCUT2D eigenvalue weighted by Gasteiger charge is 2.42. The minimum Gasteiger partial charge on any atom is -0.478 e. The molecule has 2 aromatic rings. The van der Waals surface area contributed by atoms with Crippen LogP contribution in [0.25, 0.3) is 0 Å². The second-order valence-electron chi connectivity index (χ2n) is 19.2. The van der Waals surface area contributed by atoms with Gasteiger partial charge in [-0.05, 0) is 132 Å². The van der Waals surface area contributed by atoms with Crippen LogP contribution in [0.15, 0.2) is 24.4 Å². The highest BCUT2D eigenvalue weighted by molar-refractivity contribution is 6.74. The molecule has 0 bridgehead atoms. The molecule has 0 radical (unpaired) electrons. The van der Waals surface area contributed by atoms with Crippen LogP contribution < -0.4 is 15.0 Å². The third-order valence-electron chi connectivity index (χ3n) is 9.23. The fraction of sp³-hybridized carbons (Fsp3) is 0.744. The number of hydrogen-bond donors (Lipinski definition) is 1. The molecule has 0 saturated heterocycles. The van der Waals surface area contributed by atoms with Crippen LogP contribution in [0.1, 0.15) is 141 Å². The van der Waals surface area contributed by atoms with Crippen LogP contribution in [0.3, 0.4) is 0 Å². The molecule has 0 spiro atoms. The number of amides is 2.